The van der Waals surface area contributed by atoms with Gasteiger partial charge in [-0.2, -0.15) is 5.10 Å². The molecule has 1 aromatic carbocycles. The van der Waals surface area contributed by atoms with Gasteiger partial charge >= 0.3 is 0 Å². The molecule has 2 heterocycles. The third kappa shape index (κ3) is 3.56. The van der Waals surface area contributed by atoms with Gasteiger partial charge < -0.3 is 9.42 Å². The summed E-state index contributed by atoms with van der Waals surface area (Å²) in [4.78, 5) is 28.1. The highest BCUT2D eigenvalue weighted by Crippen LogP contribution is 2.21. The van der Waals surface area contributed by atoms with Crippen LogP contribution in [-0.2, 0) is 11.3 Å². The molecule has 0 aliphatic carbocycles. The summed E-state index contributed by atoms with van der Waals surface area (Å²) in [6.45, 7) is 9.84. The molecule has 0 aliphatic heterocycles. The summed E-state index contributed by atoms with van der Waals surface area (Å²) >= 11 is 0. The minimum atomic E-state index is -0.696. The van der Waals surface area contributed by atoms with E-state index in [1.807, 2.05) is 51.1 Å². The second-order valence-electron chi connectivity index (χ2n) is 7.27. The SMILES string of the molecule is CC[C@H](C(=O)N(Cc1ccccc1)C(C)C)n1nc(C)c2c(C)onc2c1=O. The molecule has 1 amide bonds. The van der Waals surface area contributed by atoms with Crippen molar-refractivity contribution in [2.45, 2.75) is 59.7 Å². The molecule has 3 rings (SSSR count). The predicted octanol–water partition coefficient (Wildman–Crippen LogP) is 3.39. The van der Waals surface area contributed by atoms with Gasteiger partial charge in [0, 0.05) is 12.6 Å². The van der Waals surface area contributed by atoms with Crippen molar-refractivity contribution < 1.29 is 9.32 Å². The maximum atomic E-state index is 13.4. The second kappa shape index (κ2) is 7.96. The van der Waals surface area contributed by atoms with E-state index in [0.717, 1.165) is 5.56 Å². The number of hydrogen-bond acceptors (Lipinski definition) is 5. The van der Waals surface area contributed by atoms with Crippen LogP contribution in [0.4, 0.5) is 0 Å². The van der Waals surface area contributed by atoms with Crippen molar-refractivity contribution in [3.63, 3.8) is 0 Å². The molecule has 0 N–H and O–H groups in total. The summed E-state index contributed by atoms with van der Waals surface area (Å²) in [7, 11) is 0. The molecule has 148 valence electrons. The van der Waals surface area contributed by atoms with E-state index in [-0.39, 0.29) is 17.5 Å². The van der Waals surface area contributed by atoms with E-state index in [1.165, 1.54) is 4.68 Å². The first-order chi connectivity index (χ1) is 13.3. The summed E-state index contributed by atoms with van der Waals surface area (Å²) in [5, 5.41) is 8.94. The van der Waals surface area contributed by atoms with E-state index in [1.54, 1.807) is 18.7 Å². The molecule has 28 heavy (non-hydrogen) atoms. The summed E-state index contributed by atoms with van der Waals surface area (Å²) in [5.41, 5.74) is 1.48. The molecule has 1 atom stereocenters. The third-order valence-corrected chi connectivity index (χ3v) is 4.96. The Balaban J connectivity index is 2.02. The summed E-state index contributed by atoms with van der Waals surface area (Å²) < 4.78 is 6.44. The Hall–Kier alpha value is -2.96. The highest BCUT2D eigenvalue weighted by molar-refractivity contribution is 5.83. The lowest BCUT2D eigenvalue weighted by Gasteiger charge is -2.30. The predicted molar refractivity (Wildman–Crippen MR) is 107 cm³/mol. The number of aryl methyl sites for hydroxylation is 2. The van der Waals surface area contributed by atoms with Gasteiger partial charge in [0.25, 0.3) is 5.56 Å². The lowest BCUT2D eigenvalue weighted by atomic mass is 10.1. The quantitative estimate of drug-likeness (QED) is 0.653. The van der Waals surface area contributed by atoms with Crippen molar-refractivity contribution in [3.8, 4) is 0 Å². The number of amides is 1. The normalized spacial score (nSPS) is 12.5. The Morgan fingerprint density at radius 1 is 1.21 bits per heavy atom. The Morgan fingerprint density at radius 2 is 1.89 bits per heavy atom. The molecule has 0 bridgehead atoms. The van der Waals surface area contributed by atoms with Crippen LogP contribution in [0.2, 0.25) is 0 Å². The fourth-order valence-electron chi connectivity index (χ4n) is 3.46. The van der Waals surface area contributed by atoms with Crippen molar-refractivity contribution in [2.24, 2.45) is 0 Å². The average Bonchev–Trinajstić information content (AvgIpc) is 3.07. The molecule has 2 aromatic heterocycles. The summed E-state index contributed by atoms with van der Waals surface area (Å²) in [6.07, 6.45) is 0.450. The topological polar surface area (TPSA) is 81.2 Å². The molecule has 0 spiro atoms. The van der Waals surface area contributed by atoms with Crippen LogP contribution in [0.1, 0.15) is 50.3 Å². The molecule has 0 saturated carbocycles. The average molecular weight is 382 g/mol. The van der Waals surface area contributed by atoms with Gasteiger partial charge in [-0.25, -0.2) is 4.68 Å². The first-order valence-electron chi connectivity index (χ1n) is 9.54. The molecule has 0 aliphatic rings. The highest BCUT2D eigenvalue weighted by atomic mass is 16.5. The number of rotatable bonds is 6. The highest BCUT2D eigenvalue weighted by Gasteiger charge is 2.29. The smallest absolute Gasteiger partial charge is 0.297 e. The van der Waals surface area contributed by atoms with Crippen molar-refractivity contribution in [1.82, 2.24) is 19.8 Å². The Labute approximate surface area is 163 Å². The Bertz CT molecular complexity index is 1040. The monoisotopic (exact) mass is 382 g/mol. The van der Waals surface area contributed by atoms with Crippen LogP contribution in [0.15, 0.2) is 39.6 Å². The van der Waals surface area contributed by atoms with E-state index < -0.39 is 11.6 Å². The van der Waals surface area contributed by atoms with Crippen LogP contribution >= 0.6 is 0 Å². The number of carbonyl (C=O) groups is 1. The number of hydrogen-bond donors (Lipinski definition) is 0. The minimum Gasteiger partial charge on any atom is -0.360 e. The summed E-state index contributed by atoms with van der Waals surface area (Å²) in [5.74, 6) is 0.423. The van der Waals surface area contributed by atoms with Crippen molar-refractivity contribution >= 4 is 16.8 Å². The zero-order valence-electron chi connectivity index (χ0n) is 17.0. The van der Waals surface area contributed by atoms with Crippen LogP contribution in [0.25, 0.3) is 10.9 Å². The van der Waals surface area contributed by atoms with Gasteiger partial charge in [0.1, 0.15) is 11.8 Å². The van der Waals surface area contributed by atoms with Gasteiger partial charge in [-0.15, -0.1) is 0 Å². The van der Waals surface area contributed by atoms with Gasteiger partial charge in [-0.05, 0) is 39.7 Å². The minimum absolute atomic E-state index is 0.0171. The van der Waals surface area contributed by atoms with E-state index in [0.29, 0.717) is 29.8 Å². The van der Waals surface area contributed by atoms with Gasteiger partial charge in [0.05, 0.1) is 11.1 Å². The maximum Gasteiger partial charge on any atom is 0.297 e. The lowest BCUT2D eigenvalue weighted by molar-refractivity contribution is -0.137. The van der Waals surface area contributed by atoms with Gasteiger partial charge in [0.2, 0.25) is 5.91 Å². The number of nitrogens with zero attached hydrogens (tertiary/aromatic N) is 4. The molecule has 7 heteroatoms. The molecule has 0 radical (unpaired) electrons. The largest absolute Gasteiger partial charge is 0.360 e. The van der Waals surface area contributed by atoms with Gasteiger partial charge in [-0.1, -0.05) is 42.4 Å². The third-order valence-electron chi connectivity index (χ3n) is 4.96. The van der Waals surface area contributed by atoms with Crippen LogP contribution in [0.5, 0.6) is 0 Å². The first-order valence-corrected chi connectivity index (χ1v) is 9.54. The number of benzene rings is 1. The van der Waals surface area contributed by atoms with Gasteiger partial charge in [-0.3, -0.25) is 9.59 Å². The van der Waals surface area contributed by atoms with Crippen LogP contribution in [-0.4, -0.2) is 31.8 Å². The number of aromatic nitrogens is 3. The van der Waals surface area contributed by atoms with Crippen molar-refractivity contribution in [2.75, 3.05) is 0 Å². The van der Waals surface area contributed by atoms with Crippen molar-refractivity contribution in [3.05, 3.63) is 57.7 Å². The molecule has 3 aromatic rings. The first kappa shape index (κ1) is 19.8. The summed E-state index contributed by atoms with van der Waals surface area (Å²) in [6, 6.07) is 9.11. The van der Waals surface area contributed by atoms with Gasteiger partial charge in [0.15, 0.2) is 5.52 Å². The van der Waals surface area contributed by atoms with E-state index in [2.05, 4.69) is 10.3 Å². The fourth-order valence-corrected chi connectivity index (χ4v) is 3.46. The molecule has 0 saturated heterocycles. The molecular formula is C21H26N4O3. The lowest BCUT2D eigenvalue weighted by Crippen LogP contribution is -2.44. The van der Waals surface area contributed by atoms with Crippen LogP contribution < -0.4 is 5.56 Å². The fraction of sp³-hybridized carbons (Fsp3) is 0.429. The maximum absolute atomic E-state index is 13.4. The Kier molecular flexibility index (Phi) is 5.63. The van der Waals surface area contributed by atoms with Crippen molar-refractivity contribution in [1.29, 1.82) is 0 Å². The number of carbonyl (C=O) groups excluding carboxylic acids is 1. The van der Waals surface area contributed by atoms with Crippen LogP contribution in [0.3, 0.4) is 0 Å². The second-order valence-corrected chi connectivity index (χ2v) is 7.27. The molecule has 0 fully saturated rings. The molecule has 0 unspecified atom stereocenters. The standard InChI is InChI=1S/C21H26N4O3/c1-6-17(20(26)24(13(2)3)12-16-10-8-7-9-11-16)25-21(27)19-18(14(4)22-25)15(5)28-23-19/h7-11,13,17H,6,12H2,1-5H3/t17-/m1/s1. The zero-order chi connectivity index (χ0) is 20.4. The zero-order valence-corrected chi connectivity index (χ0v) is 17.0. The Morgan fingerprint density at radius 3 is 2.50 bits per heavy atom. The van der Waals surface area contributed by atoms with E-state index in [4.69, 9.17) is 4.52 Å². The van der Waals surface area contributed by atoms with E-state index >= 15 is 0 Å². The van der Waals surface area contributed by atoms with E-state index in [9.17, 15) is 9.59 Å². The molecular weight excluding hydrogens is 356 g/mol. The number of fused-ring (bicyclic) bond motifs is 1. The van der Waals surface area contributed by atoms with Crippen LogP contribution in [0, 0.1) is 13.8 Å². The molecule has 7 nitrogen and oxygen atoms in total.